The van der Waals surface area contributed by atoms with Crippen LogP contribution in [0.25, 0.3) is 6.08 Å². The van der Waals surface area contributed by atoms with Crippen LogP contribution in [0, 0.1) is 0 Å². The van der Waals surface area contributed by atoms with Crippen LogP contribution in [-0.2, 0) is 9.59 Å². The van der Waals surface area contributed by atoms with E-state index < -0.39 is 5.97 Å². The zero-order valence-electron chi connectivity index (χ0n) is 13.2. The van der Waals surface area contributed by atoms with Crippen molar-refractivity contribution in [1.29, 1.82) is 0 Å². The van der Waals surface area contributed by atoms with Gasteiger partial charge in [-0.3, -0.25) is 9.69 Å². The minimum atomic E-state index is -1.14. The third kappa shape index (κ3) is 4.27. The first-order valence-electron chi connectivity index (χ1n) is 7.13. The Morgan fingerprint density at radius 1 is 1.38 bits per heavy atom. The van der Waals surface area contributed by atoms with Gasteiger partial charge in [0.1, 0.15) is 15.8 Å². The van der Waals surface area contributed by atoms with E-state index in [0.717, 1.165) is 0 Å². The Kier molecular flexibility index (Phi) is 6.22. The van der Waals surface area contributed by atoms with Gasteiger partial charge in [-0.15, -0.1) is 0 Å². The number of carbonyl (C=O) groups is 2. The number of thioether (sulfide) groups is 1. The molecule has 1 fully saturated rings. The molecule has 1 aliphatic rings. The van der Waals surface area contributed by atoms with Gasteiger partial charge >= 0.3 is 0 Å². The fourth-order valence-electron chi connectivity index (χ4n) is 2.17. The number of thiocarbonyl (C=S) groups is 1. The number of carboxylic acids is 1. The van der Waals surface area contributed by atoms with E-state index in [9.17, 15) is 14.7 Å². The van der Waals surface area contributed by atoms with Gasteiger partial charge < -0.3 is 19.4 Å². The largest absolute Gasteiger partial charge is 0.550 e. The molecular weight excluding hydrogens is 350 g/mol. The summed E-state index contributed by atoms with van der Waals surface area (Å²) in [6.07, 6.45) is 1.88. The van der Waals surface area contributed by atoms with Crippen molar-refractivity contribution in [1.82, 2.24) is 4.90 Å². The Morgan fingerprint density at radius 2 is 2.12 bits per heavy atom. The zero-order valence-corrected chi connectivity index (χ0v) is 14.9. The second kappa shape index (κ2) is 8.16. The molecule has 24 heavy (non-hydrogen) atoms. The average Bonchev–Trinajstić information content (AvgIpc) is 2.81. The maximum atomic E-state index is 12.5. The molecule has 0 unspecified atom stereocenters. The molecule has 0 bridgehead atoms. The molecule has 1 amide bonds. The molecule has 0 saturated carbocycles. The lowest BCUT2D eigenvalue weighted by atomic mass is 10.1. The first-order valence-corrected chi connectivity index (χ1v) is 8.36. The SMILES string of the molecule is COc1ccc(OC)c(/C=C2\SC(=S)N(CCCC(=O)[O-])C2=O)c1. The quantitative estimate of drug-likeness (QED) is 0.534. The molecule has 1 aromatic rings. The van der Waals surface area contributed by atoms with Crippen molar-refractivity contribution in [2.24, 2.45) is 0 Å². The average molecular weight is 366 g/mol. The topological polar surface area (TPSA) is 78.9 Å². The molecule has 8 heteroatoms. The first-order chi connectivity index (χ1) is 11.5. The van der Waals surface area contributed by atoms with E-state index >= 15 is 0 Å². The standard InChI is InChI=1S/C16H17NO5S2/c1-21-11-5-6-12(22-2)10(8-11)9-13-15(20)17(16(23)24-13)7-3-4-14(18)19/h5-6,8-9H,3-4,7H2,1-2H3,(H,18,19)/p-1/b13-9-. The maximum Gasteiger partial charge on any atom is 0.266 e. The predicted octanol–water partition coefficient (Wildman–Crippen LogP) is 1.44. The Bertz CT molecular complexity index is 702. The zero-order chi connectivity index (χ0) is 17.7. The summed E-state index contributed by atoms with van der Waals surface area (Å²) >= 11 is 6.39. The molecule has 0 aromatic heterocycles. The molecule has 0 N–H and O–H groups in total. The van der Waals surface area contributed by atoms with Gasteiger partial charge in [-0.05, 0) is 37.1 Å². The lowest BCUT2D eigenvalue weighted by Crippen LogP contribution is -2.30. The van der Waals surface area contributed by atoms with Crippen molar-refractivity contribution in [3.05, 3.63) is 28.7 Å². The summed E-state index contributed by atoms with van der Waals surface area (Å²) in [5.41, 5.74) is 0.701. The molecule has 0 spiro atoms. The lowest BCUT2D eigenvalue weighted by molar-refractivity contribution is -0.305. The highest BCUT2D eigenvalue weighted by Crippen LogP contribution is 2.35. The Balaban J connectivity index is 2.20. The summed E-state index contributed by atoms with van der Waals surface area (Å²) in [7, 11) is 3.10. The van der Waals surface area contributed by atoms with Gasteiger partial charge in [0.25, 0.3) is 5.91 Å². The third-order valence-electron chi connectivity index (χ3n) is 3.36. The van der Waals surface area contributed by atoms with Gasteiger partial charge in [-0.2, -0.15) is 0 Å². The van der Waals surface area contributed by atoms with E-state index in [1.54, 1.807) is 38.5 Å². The highest BCUT2D eigenvalue weighted by atomic mass is 32.2. The van der Waals surface area contributed by atoms with E-state index in [4.69, 9.17) is 21.7 Å². The fraction of sp³-hybridized carbons (Fsp3) is 0.312. The normalized spacial score (nSPS) is 15.9. The molecule has 1 saturated heterocycles. The third-order valence-corrected chi connectivity index (χ3v) is 4.74. The van der Waals surface area contributed by atoms with Crippen LogP contribution >= 0.6 is 24.0 Å². The van der Waals surface area contributed by atoms with Crippen molar-refractivity contribution in [3.8, 4) is 11.5 Å². The second-order valence-corrected chi connectivity index (χ2v) is 6.59. The number of benzene rings is 1. The van der Waals surface area contributed by atoms with Crippen LogP contribution in [0.2, 0.25) is 0 Å². The number of aliphatic carboxylic acids is 1. The van der Waals surface area contributed by atoms with Crippen molar-refractivity contribution >= 4 is 46.3 Å². The number of nitrogens with zero attached hydrogens (tertiary/aromatic N) is 1. The van der Waals surface area contributed by atoms with Gasteiger partial charge in [-0.1, -0.05) is 24.0 Å². The van der Waals surface area contributed by atoms with E-state index in [1.165, 1.54) is 16.7 Å². The Hall–Kier alpha value is -2.06. The lowest BCUT2D eigenvalue weighted by Gasteiger charge is -2.14. The molecule has 128 valence electrons. The summed E-state index contributed by atoms with van der Waals surface area (Å²) in [5, 5.41) is 10.5. The number of amides is 1. The van der Waals surface area contributed by atoms with Gasteiger partial charge in [0.2, 0.25) is 0 Å². The first kappa shape index (κ1) is 18.3. The minimum absolute atomic E-state index is 0.111. The molecule has 1 heterocycles. The molecule has 2 rings (SSSR count). The van der Waals surface area contributed by atoms with Crippen LogP contribution in [0.3, 0.4) is 0 Å². The van der Waals surface area contributed by atoms with Gasteiger partial charge in [0.15, 0.2) is 0 Å². The molecule has 0 radical (unpaired) electrons. The minimum Gasteiger partial charge on any atom is -0.550 e. The van der Waals surface area contributed by atoms with E-state index in [0.29, 0.717) is 32.7 Å². The highest BCUT2D eigenvalue weighted by molar-refractivity contribution is 8.26. The van der Waals surface area contributed by atoms with Crippen molar-refractivity contribution in [2.45, 2.75) is 12.8 Å². The molecular formula is C16H16NO5S2-. The fourth-order valence-corrected chi connectivity index (χ4v) is 3.47. The summed E-state index contributed by atoms with van der Waals surface area (Å²) in [4.78, 5) is 24.8. The Labute approximate surface area is 149 Å². The smallest absolute Gasteiger partial charge is 0.266 e. The van der Waals surface area contributed by atoms with Crippen LogP contribution < -0.4 is 14.6 Å². The number of rotatable bonds is 7. The molecule has 6 nitrogen and oxygen atoms in total. The molecule has 0 atom stereocenters. The number of carboxylic acid groups (broad SMARTS) is 1. The van der Waals surface area contributed by atoms with Crippen LogP contribution in [0.1, 0.15) is 18.4 Å². The van der Waals surface area contributed by atoms with Gasteiger partial charge in [-0.25, -0.2) is 0 Å². The number of hydrogen-bond acceptors (Lipinski definition) is 7. The molecule has 0 aliphatic carbocycles. The van der Waals surface area contributed by atoms with E-state index in [-0.39, 0.29) is 18.9 Å². The van der Waals surface area contributed by atoms with E-state index in [1.807, 2.05) is 0 Å². The Morgan fingerprint density at radius 3 is 2.75 bits per heavy atom. The summed E-state index contributed by atoms with van der Waals surface area (Å²) in [6, 6.07) is 5.29. The van der Waals surface area contributed by atoms with Gasteiger partial charge in [0, 0.05) is 18.1 Å². The van der Waals surface area contributed by atoms with Crippen molar-refractivity contribution in [2.75, 3.05) is 20.8 Å². The molecule has 1 aliphatic heterocycles. The number of ether oxygens (including phenoxy) is 2. The van der Waals surface area contributed by atoms with Crippen LogP contribution in [-0.4, -0.2) is 41.9 Å². The van der Waals surface area contributed by atoms with Crippen molar-refractivity contribution in [3.63, 3.8) is 0 Å². The highest BCUT2D eigenvalue weighted by Gasteiger charge is 2.31. The summed E-state index contributed by atoms with van der Waals surface area (Å²) in [6.45, 7) is 0.255. The summed E-state index contributed by atoms with van der Waals surface area (Å²) < 4.78 is 10.9. The predicted molar refractivity (Wildman–Crippen MR) is 93.7 cm³/mol. The maximum absolute atomic E-state index is 12.5. The van der Waals surface area contributed by atoms with Crippen LogP contribution in [0.4, 0.5) is 0 Å². The van der Waals surface area contributed by atoms with Crippen molar-refractivity contribution < 1.29 is 24.2 Å². The van der Waals surface area contributed by atoms with Gasteiger partial charge in [0.05, 0.1) is 19.1 Å². The number of hydrogen-bond donors (Lipinski definition) is 0. The number of methoxy groups -OCH3 is 2. The molecule has 1 aromatic carbocycles. The van der Waals surface area contributed by atoms with Crippen LogP contribution in [0.5, 0.6) is 11.5 Å². The monoisotopic (exact) mass is 366 g/mol. The number of carbonyl (C=O) groups excluding carboxylic acids is 2. The van der Waals surface area contributed by atoms with Crippen LogP contribution in [0.15, 0.2) is 23.1 Å². The summed E-state index contributed by atoms with van der Waals surface area (Å²) in [5.74, 6) is -0.130. The second-order valence-electron chi connectivity index (χ2n) is 4.92. The van der Waals surface area contributed by atoms with E-state index in [2.05, 4.69) is 0 Å².